The van der Waals surface area contributed by atoms with Gasteiger partial charge in [-0.3, -0.25) is 9.48 Å². The molecule has 0 saturated heterocycles. The summed E-state index contributed by atoms with van der Waals surface area (Å²) in [6.45, 7) is 3.70. The molecule has 2 aromatic heterocycles. The Morgan fingerprint density at radius 3 is 2.87 bits per heavy atom. The van der Waals surface area contributed by atoms with Crippen molar-refractivity contribution in [1.82, 2.24) is 9.78 Å². The standard InChI is InChI=1S/C14H14N4O3S2/c1-4-21-14(20)11-8(2)10(22-7-15)13(23-11)16-12(19)9-5-6-18(3)17-9/h5-6H,4H2,1-3H3,(H,16,19). The molecule has 2 rings (SSSR count). The minimum absolute atomic E-state index is 0.254. The minimum Gasteiger partial charge on any atom is -0.462 e. The summed E-state index contributed by atoms with van der Waals surface area (Å²) < 4.78 is 6.52. The van der Waals surface area contributed by atoms with Crippen molar-refractivity contribution in [1.29, 1.82) is 5.26 Å². The summed E-state index contributed by atoms with van der Waals surface area (Å²) in [7, 11) is 1.71. The van der Waals surface area contributed by atoms with Crippen molar-refractivity contribution >= 4 is 40.0 Å². The zero-order chi connectivity index (χ0) is 17.0. The van der Waals surface area contributed by atoms with E-state index in [9.17, 15) is 9.59 Å². The summed E-state index contributed by atoms with van der Waals surface area (Å²) in [5.74, 6) is -0.866. The third-order valence-corrected chi connectivity index (χ3v) is 5.00. The number of nitrogens with one attached hydrogen (secondary N) is 1. The molecule has 0 bridgehead atoms. The second-order valence-electron chi connectivity index (χ2n) is 4.46. The van der Waals surface area contributed by atoms with Crippen LogP contribution in [0.15, 0.2) is 17.2 Å². The van der Waals surface area contributed by atoms with Gasteiger partial charge in [0.05, 0.1) is 11.5 Å². The van der Waals surface area contributed by atoms with Crippen LogP contribution in [0.4, 0.5) is 5.00 Å². The monoisotopic (exact) mass is 350 g/mol. The van der Waals surface area contributed by atoms with Crippen LogP contribution in [0.1, 0.15) is 32.6 Å². The van der Waals surface area contributed by atoms with E-state index in [1.165, 1.54) is 4.68 Å². The number of amides is 1. The Balaban J connectivity index is 2.33. The molecule has 0 aliphatic carbocycles. The molecule has 7 nitrogen and oxygen atoms in total. The number of nitrogens with zero attached hydrogens (tertiary/aromatic N) is 3. The molecular weight excluding hydrogens is 336 g/mol. The van der Waals surface area contributed by atoms with Crippen molar-refractivity contribution in [2.75, 3.05) is 11.9 Å². The van der Waals surface area contributed by atoms with Crippen molar-refractivity contribution in [2.45, 2.75) is 18.7 Å². The van der Waals surface area contributed by atoms with Gasteiger partial charge in [0.1, 0.15) is 15.3 Å². The zero-order valence-corrected chi connectivity index (χ0v) is 14.4. The fourth-order valence-corrected chi connectivity index (χ4v) is 3.64. The SMILES string of the molecule is CCOC(=O)c1sc(NC(=O)c2ccn(C)n2)c(SC#N)c1C. The first-order valence-corrected chi connectivity index (χ1v) is 8.28. The van der Waals surface area contributed by atoms with Crippen molar-refractivity contribution in [3.63, 3.8) is 0 Å². The largest absolute Gasteiger partial charge is 0.462 e. The van der Waals surface area contributed by atoms with Gasteiger partial charge in [-0.1, -0.05) is 0 Å². The highest BCUT2D eigenvalue weighted by Gasteiger charge is 2.23. The average Bonchev–Trinajstić information content (AvgIpc) is 3.06. The summed E-state index contributed by atoms with van der Waals surface area (Å²) in [6.07, 6.45) is 1.66. The molecular formula is C14H14N4O3S2. The topological polar surface area (TPSA) is 97.0 Å². The molecule has 1 N–H and O–H groups in total. The molecule has 1 amide bonds. The summed E-state index contributed by atoms with van der Waals surface area (Å²) in [4.78, 5) is 25.1. The smallest absolute Gasteiger partial charge is 0.348 e. The lowest BCUT2D eigenvalue weighted by molar-refractivity contribution is 0.0531. The summed E-state index contributed by atoms with van der Waals surface area (Å²) in [5, 5.41) is 18.1. The number of ether oxygens (including phenoxy) is 1. The van der Waals surface area contributed by atoms with Crippen LogP contribution in [0.25, 0.3) is 0 Å². The van der Waals surface area contributed by atoms with Gasteiger partial charge in [-0.2, -0.15) is 10.4 Å². The molecule has 0 unspecified atom stereocenters. The molecule has 0 saturated carbocycles. The number of carbonyl (C=O) groups is 2. The maximum Gasteiger partial charge on any atom is 0.348 e. The molecule has 0 aromatic carbocycles. The molecule has 2 heterocycles. The van der Waals surface area contributed by atoms with E-state index in [1.54, 1.807) is 33.2 Å². The molecule has 0 fully saturated rings. The van der Waals surface area contributed by atoms with Gasteiger partial charge in [-0.15, -0.1) is 11.3 Å². The Kier molecular flexibility index (Phi) is 5.41. The van der Waals surface area contributed by atoms with Gasteiger partial charge in [0.15, 0.2) is 5.69 Å². The van der Waals surface area contributed by atoms with Crippen molar-refractivity contribution in [2.24, 2.45) is 7.05 Å². The van der Waals surface area contributed by atoms with E-state index in [1.807, 2.05) is 5.40 Å². The van der Waals surface area contributed by atoms with Crippen LogP contribution < -0.4 is 5.32 Å². The third-order valence-electron chi connectivity index (χ3n) is 2.87. The van der Waals surface area contributed by atoms with Crippen LogP contribution in [0.3, 0.4) is 0 Å². The number of aromatic nitrogens is 2. The van der Waals surface area contributed by atoms with Crippen LogP contribution in [0.5, 0.6) is 0 Å². The first-order chi connectivity index (χ1) is 11.0. The Hall–Kier alpha value is -2.31. The van der Waals surface area contributed by atoms with E-state index >= 15 is 0 Å². The number of thiocyanates is 1. The summed E-state index contributed by atoms with van der Waals surface area (Å²) in [5.41, 5.74) is 0.875. The van der Waals surface area contributed by atoms with Gasteiger partial charge in [-0.05, 0) is 37.2 Å². The molecule has 2 aromatic rings. The third kappa shape index (κ3) is 3.72. The fourth-order valence-electron chi connectivity index (χ4n) is 1.84. The molecule has 23 heavy (non-hydrogen) atoms. The number of thiophene rings is 1. The van der Waals surface area contributed by atoms with E-state index in [-0.39, 0.29) is 12.3 Å². The number of thioether (sulfide) groups is 1. The number of anilines is 1. The summed E-state index contributed by atoms with van der Waals surface area (Å²) >= 11 is 1.99. The predicted octanol–water partition coefficient (Wildman–Crippen LogP) is 2.79. The minimum atomic E-state index is -0.465. The van der Waals surface area contributed by atoms with E-state index in [4.69, 9.17) is 10.00 Å². The van der Waals surface area contributed by atoms with E-state index in [0.717, 1.165) is 23.1 Å². The van der Waals surface area contributed by atoms with Crippen LogP contribution in [-0.4, -0.2) is 28.3 Å². The van der Waals surface area contributed by atoms with Gasteiger partial charge < -0.3 is 10.1 Å². The van der Waals surface area contributed by atoms with E-state index in [2.05, 4.69) is 10.4 Å². The quantitative estimate of drug-likeness (QED) is 0.506. The molecule has 0 aliphatic heterocycles. The van der Waals surface area contributed by atoms with Crippen LogP contribution >= 0.6 is 23.1 Å². The molecule has 0 radical (unpaired) electrons. The maximum atomic E-state index is 12.2. The molecule has 0 atom stereocenters. The highest BCUT2D eigenvalue weighted by molar-refractivity contribution is 8.04. The van der Waals surface area contributed by atoms with Crippen molar-refractivity contribution in [3.05, 3.63) is 28.4 Å². The number of esters is 1. The first kappa shape index (κ1) is 17.1. The second kappa shape index (κ2) is 7.30. The molecule has 0 aliphatic rings. The van der Waals surface area contributed by atoms with Crippen molar-refractivity contribution in [3.8, 4) is 5.40 Å². The Morgan fingerprint density at radius 1 is 1.57 bits per heavy atom. The maximum absolute atomic E-state index is 12.2. The van der Waals surface area contributed by atoms with Crippen LogP contribution in [0.2, 0.25) is 0 Å². The Labute approximate surface area is 141 Å². The molecule has 120 valence electrons. The van der Waals surface area contributed by atoms with E-state index < -0.39 is 11.9 Å². The fraction of sp³-hybridized carbons (Fsp3) is 0.286. The number of hydrogen-bond donors (Lipinski definition) is 1. The highest BCUT2D eigenvalue weighted by atomic mass is 32.2. The van der Waals surface area contributed by atoms with Crippen molar-refractivity contribution < 1.29 is 14.3 Å². The Morgan fingerprint density at radius 2 is 2.30 bits per heavy atom. The zero-order valence-electron chi connectivity index (χ0n) is 12.7. The summed E-state index contributed by atoms with van der Waals surface area (Å²) in [6, 6.07) is 1.58. The van der Waals surface area contributed by atoms with Gasteiger partial charge in [-0.25, -0.2) is 4.79 Å². The lowest BCUT2D eigenvalue weighted by atomic mass is 10.3. The van der Waals surface area contributed by atoms with Gasteiger partial charge in [0.25, 0.3) is 5.91 Å². The van der Waals surface area contributed by atoms with Gasteiger partial charge in [0.2, 0.25) is 0 Å². The second-order valence-corrected chi connectivity index (χ2v) is 6.27. The lowest BCUT2D eigenvalue weighted by Gasteiger charge is -2.02. The Bertz CT molecular complexity index is 789. The number of carbonyl (C=O) groups excluding carboxylic acids is 2. The van der Waals surface area contributed by atoms with Crippen LogP contribution in [-0.2, 0) is 11.8 Å². The first-order valence-electron chi connectivity index (χ1n) is 6.65. The molecule has 9 heteroatoms. The van der Waals surface area contributed by atoms with Gasteiger partial charge in [0, 0.05) is 13.2 Å². The van der Waals surface area contributed by atoms with Crippen LogP contribution in [0, 0.1) is 17.6 Å². The average molecular weight is 350 g/mol. The number of nitriles is 1. The van der Waals surface area contributed by atoms with Gasteiger partial charge >= 0.3 is 5.97 Å². The van der Waals surface area contributed by atoms with E-state index in [0.29, 0.717) is 20.3 Å². The lowest BCUT2D eigenvalue weighted by Crippen LogP contribution is -2.12. The molecule has 0 spiro atoms. The number of rotatable bonds is 5. The predicted molar refractivity (Wildman–Crippen MR) is 87.6 cm³/mol. The normalized spacial score (nSPS) is 10.2. The number of aryl methyl sites for hydroxylation is 1. The highest BCUT2D eigenvalue weighted by Crippen LogP contribution is 2.40. The number of hydrogen-bond acceptors (Lipinski definition) is 7.